The first-order valence-corrected chi connectivity index (χ1v) is 9.31. The van der Waals surface area contributed by atoms with Crippen LogP contribution in [-0.2, 0) is 17.6 Å². The molecule has 2 aromatic heterocycles. The minimum atomic E-state index is -0.105. The highest BCUT2D eigenvalue weighted by Gasteiger charge is 2.28. The van der Waals surface area contributed by atoms with Crippen molar-refractivity contribution in [2.45, 2.75) is 46.5 Å². The first kappa shape index (κ1) is 18.2. The third kappa shape index (κ3) is 4.15. The minimum absolute atomic E-state index is 0.0000874. The average Bonchev–Trinajstić information content (AvgIpc) is 2.69. The molecular weight excluding hydrogens is 328 g/mol. The molecule has 0 aromatic carbocycles. The van der Waals surface area contributed by atoms with Crippen LogP contribution in [0.2, 0.25) is 0 Å². The molecule has 3 rings (SSSR count). The fourth-order valence-corrected chi connectivity index (χ4v) is 3.21. The second-order valence-electron chi connectivity index (χ2n) is 6.71. The lowest BCUT2D eigenvalue weighted by Crippen LogP contribution is -2.41. The van der Waals surface area contributed by atoms with Crippen LogP contribution in [0.1, 0.15) is 43.6 Å². The van der Waals surface area contributed by atoms with Crippen molar-refractivity contribution in [3.8, 4) is 0 Å². The number of carbonyl (C=O) groups is 1. The van der Waals surface area contributed by atoms with Gasteiger partial charge in [0.2, 0.25) is 11.9 Å². The molecular formula is C19H26N6O. The van der Waals surface area contributed by atoms with Gasteiger partial charge < -0.3 is 10.2 Å². The molecule has 1 atom stereocenters. The van der Waals surface area contributed by atoms with E-state index in [0.29, 0.717) is 18.3 Å². The molecule has 3 heterocycles. The van der Waals surface area contributed by atoms with Gasteiger partial charge in [0, 0.05) is 19.3 Å². The summed E-state index contributed by atoms with van der Waals surface area (Å²) in [6.07, 6.45) is 5.21. The predicted molar refractivity (Wildman–Crippen MR) is 101 cm³/mol. The van der Waals surface area contributed by atoms with E-state index in [9.17, 15) is 4.79 Å². The average molecular weight is 354 g/mol. The summed E-state index contributed by atoms with van der Waals surface area (Å²) in [6, 6.07) is 3.77. The van der Waals surface area contributed by atoms with Gasteiger partial charge in [-0.05, 0) is 44.2 Å². The van der Waals surface area contributed by atoms with Crippen LogP contribution in [-0.4, -0.2) is 39.2 Å². The summed E-state index contributed by atoms with van der Waals surface area (Å²) in [4.78, 5) is 23.6. The number of nitrogens with zero attached hydrogens (tertiary/aromatic N) is 5. The SMILES string of the molecule is CCc1nnc(N2CCCC(C(=O)Nc3ccc(C)cn3)C2)nc1CC. The topological polar surface area (TPSA) is 83.9 Å². The molecule has 26 heavy (non-hydrogen) atoms. The molecule has 0 bridgehead atoms. The third-order valence-electron chi connectivity index (χ3n) is 4.74. The summed E-state index contributed by atoms with van der Waals surface area (Å²) in [6.45, 7) is 7.57. The molecule has 0 spiro atoms. The minimum Gasteiger partial charge on any atom is -0.339 e. The highest BCUT2D eigenvalue weighted by atomic mass is 16.2. The second-order valence-corrected chi connectivity index (χ2v) is 6.71. The van der Waals surface area contributed by atoms with Gasteiger partial charge in [0.1, 0.15) is 5.82 Å². The second kappa shape index (κ2) is 8.21. The molecule has 7 nitrogen and oxygen atoms in total. The number of aromatic nitrogens is 4. The van der Waals surface area contributed by atoms with Gasteiger partial charge in [0.15, 0.2) is 0 Å². The summed E-state index contributed by atoms with van der Waals surface area (Å²) < 4.78 is 0. The maximum Gasteiger partial charge on any atom is 0.245 e. The van der Waals surface area contributed by atoms with E-state index < -0.39 is 0 Å². The molecule has 1 aliphatic heterocycles. The maximum atomic E-state index is 12.6. The van der Waals surface area contributed by atoms with Crippen LogP contribution in [0.5, 0.6) is 0 Å². The Morgan fingerprint density at radius 1 is 1.23 bits per heavy atom. The van der Waals surface area contributed by atoms with E-state index in [0.717, 1.165) is 49.2 Å². The van der Waals surface area contributed by atoms with Crippen LogP contribution >= 0.6 is 0 Å². The summed E-state index contributed by atoms with van der Waals surface area (Å²) >= 11 is 0. The van der Waals surface area contributed by atoms with Gasteiger partial charge >= 0.3 is 0 Å². The highest BCUT2D eigenvalue weighted by molar-refractivity contribution is 5.92. The number of anilines is 2. The van der Waals surface area contributed by atoms with Crippen molar-refractivity contribution in [2.75, 3.05) is 23.3 Å². The molecule has 1 unspecified atom stereocenters. The van der Waals surface area contributed by atoms with E-state index >= 15 is 0 Å². The highest BCUT2D eigenvalue weighted by Crippen LogP contribution is 2.22. The van der Waals surface area contributed by atoms with Crippen molar-refractivity contribution in [3.05, 3.63) is 35.3 Å². The Morgan fingerprint density at radius 3 is 2.73 bits per heavy atom. The lowest BCUT2D eigenvalue weighted by molar-refractivity contribution is -0.120. The molecule has 0 radical (unpaired) electrons. The summed E-state index contributed by atoms with van der Waals surface area (Å²) in [5.74, 6) is 1.12. The number of hydrogen-bond acceptors (Lipinski definition) is 6. The number of hydrogen-bond donors (Lipinski definition) is 1. The van der Waals surface area contributed by atoms with Crippen molar-refractivity contribution >= 4 is 17.7 Å². The van der Waals surface area contributed by atoms with Gasteiger partial charge in [-0.25, -0.2) is 9.97 Å². The monoisotopic (exact) mass is 354 g/mol. The smallest absolute Gasteiger partial charge is 0.245 e. The number of piperidine rings is 1. The number of amides is 1. The lowest BCUT2D eigenvalue weighted by atomic mass is 9.97. The van der Waals surface area contributed by atoms with Crippen molar-refractivity contribution in [2.24, 2.45) is 5.92 Å². The van der Waals surface area contributed by atoms with Gasteiger partial charge in [-0.2, -0.15) is 5.10 Å². The zero-order valence-electron chi connectivity index (χ0n) is 15.7. The van der Waals surface area contributed by atoms with Crippen LogP contribution in [0, 0.1) is 12.8 Å². The van der Waals surface area contributed by atoms with Crippen LogP contribution in [0.25, 0.3) is 0 Å². The van der Waals surface area contributed by atoms with E-state index in [1.807, 2.05) is 19.1 Å². The van der Waals surface area contributed by atoms with Crippen LogP contribution < -0.4 is 10.2 Å². The van der Waals surface area contributed by atoms with Crippen LogP contribution in [0.15, 0.2) is 18.3 Å². The van der Waals surface area contributed by atoms with Crippen LogP contribution in [0.4, 0.5) is 11.8 Å². The zero-order valence-corrected chi connectivity index (χ0v) is 15.7. The first-order valence-electron chi connectivity index (χ1n) is 9.31. The molecule has 1 amide bonds. The van der Waals surface area contributed by atoms with Crippen molar-refractivity contribution < 1.29 is 4.79 Å². The Bertz CT molecular complexity index is 761. The van der Waals surface area contributed by atoms with Crippen molar-refractivity contribution in [1.29, 1.82) is 0 Å². The number of aryl methyl sites for hydroxylation is 3. The van der Waals surface area contributed by atoms with Crippen molar-refractivity contribution in [1.82, 2.24) is 20.2 Å². The van der Waals surface area contributed by atoms with Crippen molar-refractivity contribution in [3.63, 3.8) is 0 Å². The normalized spacial score (nSPS) is 17.2. The first-order chi connectivity index (χ1) is 12.6. The van der Waals surface area contributed by atoms with Gasteiger partial charge in [-0.3, -0.25) is 4.79 Å². The van der Waals surface area contributed by atoms with Gasteiger partial charge in [-0.1, -0.05) is 19.9 Å². The number of rotatable bonds is 5. The lowest BCUT2D eigenvalue weighted by Gasteiger charge is -2.31. The molecule has 0 saturated carbocycles. The molecule has 2 aromatic rings. The molecule has 7 heteroatoms. The summed E-state index contributed by atoms with van der Waals surface area (Å²) in [5.41, 5.74) is 3.01. The quantitative estimate of drug-likeness (QED) is 0.888. The Morgan fingerprint density at radius 2 is 2.04 bits per heavy atom. The van der Waals surface area contributed by atoms with E-state index in [1.54, 1.807) is 6.20 Å². The molecule has 138 valence electrons. The Hall–Kier alpha value is -2.57. The standard InChI is InChI=1S/C19H26N6O/c1-4-15-16(5-2)23-24-19(21-15)25-10-6-7-14(12-25)18(26)22-17-9-8-13(3)11-20-17/h8-9,11,14H,4-7,10,12H2,1-3H3,(H,20,22,26). The number of carbonyl (C=O) groups excluding carboxylic acids is 1. The zero-order chi connectivity index (χ0) is 18.5. The van der Waals surface area contributed by atoms with Gasteiger partial charge in [0.05, 0.1) is 17.3 Å². The molecule has 1 saturated heterocycles. The summed E-state index contributed by atoms with van der Waals surface area (Å²) in [5, 5.41) is 11.5. The van der Waals surface area contributed by atoms with E-state index in [2.05, 4.69) is 44.2 Å². The fraction of sp³-hybridized carbons (Fsp3) is 0.526. The predicted octanol–water partition coefficient (Wildman–Crippen LogP) is 2.55. The summed E-state index contributed by atoms with van der Waals surface area (Å²) in [7, 11) is 0. The number of pyridine rings is 1. The van der Waals surface area contributed by atoms with E-state index in [-0.39, 0.29) is 11.8 Å². The van der Waals surface area contributed by atoms with E-state index in [4.69, 9.17) is 0 Å². The van der Waals surface area contributed by atoms with Gasteiger partial charge in [-0.15, -0.1) is 5.10 Å². The van der Waals surface area contributed by atoms with Crippen LogP contribution in [0.3, 0.4) is 0 Å². The Kier molecular flexibility index (Phi) is 5.75. The van der Waals surface area contributed by atoms with Gasteiger partial charge in [0.25, 0.3) is 0 Å². The number of nitrogens with one attached hydrogen (secondary N) is 1. The molecule has 1 aliphatic rings. The Labute approximate surface area is 154 Å². The fourth-order valence-electron chi connectivity index (χ4n) is 3.21. The Balaban J connectivity index is 1.68. The van der Waals surface area contributed by atoms with E-state index in [1.165, 1.54) is 0 Å². The molecule has 0 aliphatic carbocycles. The molecule has 1 fully saturated rings. The maximum absolute atomic E-state index is 12.6. The molecule has 1 N–H and O–H groups in total. The largest absolute Gasteiger partial charge is 0.339 e. The third-order valence-corrected chi connectivity index (χ3v) is 4.74.